The second-order valence-corrected chi connectivity index (χ2v) is 4.44. The van der Waals surface area contributed by atoms with Gasteiger partial charge in [-0.15, -0.1) is 0 Å². The van der Waals surface area contributed by atoms with Gasteiger partial charge < -0.3 is 14.7 Å². The Kier molecular flexibility index (Phi) is 4.33. The minimum atomic E-state index is -0.115. The van der Waals surface area contributed by atoms with Crippen molar-refractivity contribution in [2.45, 2.75) is 19.4 Å². The van der Waals surface area contributed by atoms with Crippen LogP contribution in [0.1, 0.15) is 23.7 Å². The zero-order valence-electron chi connectivity index (χ0n) is 10.6. The van der Waals surface area contributed by atoms with Crippen molar-refractivity contribution >= 4 is 11.5 Å². The van der Waals surface area contributed by atoms with E-state index in [1.807, 2.05) is 31.2 Å². The molecule has 1 aliphatic rings. The number of Topliss-reactive ketones (excluding diaryl/α,β-unsaturated/α-hetero) is 1. The molecule has 4 heteroatoms. The molecule has 1 fully saturated rings. The number of ketones is 1. The third kappa shape index (κ3) is 2.89. The molecule has 2 rings (SSSR count). The molecule has 18 heavy (non-hydrogen) atoms. The smallest absolute Gasteiger partial charge is 0.162 e. The number of ether oxygens (including phenoxy) is 1. The number of morpholine rings is 1. The topological polar surface area (TPSA) is 49.8 Å². The van der Waals surface area contributed by atoms with Crippen LogP contribution in [0.4, 0.5) is 5.69 Å². The molecule has 1 heterocycles. The molecule has 0 saturated carbocycles. The van der Waals surface area contributed by atoms with Crippen LogP contribution in [0.5, 0.6) is 0 Å². The van der Waals surface area contributed by atoms with Gasteiger partial charge in [-0.3, -0.25) is 4.79 Å². The molecular weight excluding hydrogens is 230 g/mol. The highest BCUT2D eigenvalue weighted by Crippen LogP contribution is 2.19. The van der Waals surface area contributed by atoms with E-state index in [1.54, 1.807) is 0 Å². The summed E-state index contributed by atoms with van der Waals surface area (Å²) in [4.78, 5) is 13.7. The second-order valence-electron chi connectivity index (χ2n) is 4.44. The molecular formula is C14H19NO3. The third-order valence-electron chi connectivity index (χ3n) is 3.22. The first-order chi connectivity index (χ1) is 8.74. The van der Waals surface area contributed by atoms with E-state index in [0.717, 1.165) is 17.8 Å². The third-order valence-corrected chi connectivity index (χ3v) is 3.22. The second kappa shape index (κ2) is 5.98. The standard InChI is InChI=1S/C14H19NO3/c1-2-14(17)11-3-5-12(6-4-11)15-7-8-18-13(9-15)10-16/h3-6,13,16H,2,7-10H2,1H3. The van der Waals surface area contributed by atoms with Gasteiger partial charge in [0.15, 0.2) is 5.78 Å². The van der Waals surface area contributed by atoms with Gasteiger partial charge in [-0.2, -0.15) is 0 Å². The summed E-state index contributed by atoms with van der Waals surface area (Å²) in [5.74, 6) is 0.164. The van der Waals surface area contributed by atoms with E-state index in [0.29, 0.717) is 19.6 Å². The zero-order valence-corrected chi connectivity index (χ0v) is 10.6. The fourth-order valence-corrected chi connectivity index (χ4v) is 2.13. The maximum Gasteiger partial charge on any atom is 0.162 e. The van der Waals surface area contributed by atoms with Gasteiger partial charge in [0.05, 0.1) is 19.3 Å². The molecule has 0 aliphatic carbocycles. The molecule has 1 aliphatic heterocycles. The maximum absolute atomic E-state index is 11.5. The number of rotatable bonds is 4. The van der Waals surface area contributed by atoms with E-state index < -0.39 is 0 Å². The molecule has 4 nitrogen and oxygen atoms in total. The summed E-state index contributed by atoms with van der Waals surface area (Å²) in [6.45, 7) is 4.04. The quantitative estimate of drug-likeness (QED) is 0.821. The van der Waals surface area contributed by atoms with Crippen LogP contribution in [0.25, 0.3) is 0 Å². The van der Waals surface area contributed by atoms with Crippen LogP contribution in [0, 0.1) is 0 Å². The van der Waals surface area contributed by atoms with Gasteiger partial charge in [-0.05, 0) is 24.3 Å². The van der Waals surface area contributed by atoms with E-state index in [2.05, 4.69) is 4.90 Å². The molecule has 0 amide bonds. The lowest BCUT2D eigenvalue weighted by Crippen LogP contribution is -2.44. The van der Waals surface area contributed by atoms with Gasteiger partial charge in [0.2, 0.25) is 0 Å². The first kappa shape index (κ1) is 13.1. The fourth-order valence-electron chi connectivity index (χ4n) is 2.13. The average molecular weight is 249 g/mol. The molecule has 1 atom stereocenters. The van der Waals surface area contributed by atoms with E-state index in [-0.39, 0.29) is 18.5 Å². The maximum atomic E-state index is 11.5. The highest BCUT2D eigenvalue weighted by Gasteiger charge is 2.19. The van der Waals surface area contributed by atoms with Crippen LogP contribution in [0.3, 0.4) is 0 Å². The van der Waals surface area contributed by atoms with Crippen molar-refractivity contribution in [2.75, 3.05) is 31.2 Å². The van der Waals surface area contributed by atoms with Crippen LogP contribution >= 0.6 is 0 Å². The van der Waals surface area contributed by atoms with Crippen molar-refractivity contribution in [1.82, 2.24) is 0 Å². The lowest BCUT2D eigenvalue weighted by atomic mass is 10.1. The van der Waals surface area contributed by atoms with Crippen LogP contribution in [0.2, 0.25) is 0 Å². The first-order valence-corrected chi connectivity index (χ1v) is 6.35. The predicted octanol–water partition coefficient (Wildman–Crippen LogP) is 1.48. The van der Waals surface area contributed by atoms with Crippen molar-refractivity contribution in [3.8, 4) is 0 Å². The van der Waals surface area contributed by atoms with Crippen molar-refractivity contribution in [3.05, 3.63) is 29.8 Å². The van der Waals surface area contributed by atoms with E-state index in [4.69, 9.17) is 9.84 Å². The Balaban J connectivity index is 2.07. The van der Waals surface area contributed by atoms with Crippen molar-refractivity contribution < 1.29 is 14.6 Å². The van der Waals surface area contributed by atoms with Gasteiger partial charge >= 0.3 is 0 Å². The Morgan fingerprint density at radius 3 is 2.78 bits per heavy atom. The number of aliphatic hydroxyl groups excluding tert-OH is 1. The SMILES string of the molecule is CCC(=O)c1ccc(N2CCOC(CO)C2)cc1. The van der Waals surface area contributed by atoms with E-state index in [1.165, 1.54) is 0 Å². The molecule has 0 aromatic heterocycles. The monoisotopic (exact) mass is 249 g/mol. The molecule has 1 aromatic rings. The lowest BCUT2D eigenvalue weighted by molar-refractivity contribution is 0.00357. The van der Waals surface area contributed by atoms with Crippen molar-refractivity contribution in [1.29, 1.82) is 0 Å². The zero-order chi connectivity index (χ0) is 13.0. The van der Waals surface area contributed by atoms with E-state index in [9.17, 15) is 4.79 Å². The van der Waals surface area contributed by atoms with Crippen LogP contribution in [-0.2, 0) is 4.74 Å². The molecule has 98 valence electrons. The number of nitrogens with zero attached hydrogens (tertiary/aromatic N) is 1. The summed E-state index contributed by atoms with van der Waals surface area (Å²) in [5.41, 5.74) is 1.83. The summed E-state index contributed by atoms with van der Waals surface area (Å²) < 4.78 is 5.41. The number of hydrogen-bond acceptors (Lipinski definition) is 4. The molecule has 0 radical (unpaired) electrons. The van der Waals surface area contributed by atoms with Crippen molar-refractivity contribution in [2.24, 2.45) is 0 Å². The normalized spacial score (nSPS) is 19.9. The lowest BCUT2D eigenvalue weighted by Gasteiger charge is -2.33. The Bertz CT molecular complexity index is 402. The minimum Gasteiger partial charge on any atom is -0.394 e. The average Bonchev–Trinajstić information content (AvgIpc) is 2.46. The number of hydrogen-bond donors (Lipinski definition) is 1. The largest absolute Gasteiger partial charge is 0.394 e. The number of carbonyl (C=O) groups is 1. The Labute approximate surface area is 107 Å². The fraction of sp³-hybridized carbons (Fsp3) is 0.500. The number of carbonyl (C=O) groups excluding carboxylic acids is 1. The highest BCUT2D eigenvalue weighted by atomic mass is 16.5. The minimum absolute atomic E-state index is 0.0445. The molecule has 1 aromatic carbocycles. The molecule has 1 N–H and O–H groups in total. The molecule has 0 spiro atoms. The predicted molar refractivity (Wildman–Crippen MR) is 70.1 cm³/mol. The summed E-state index contributed by atoms with van der Waals surface area (Å²) in [6, 6.07) is 7.65. The van der Waals surface area contributed by atoms with E-state index >= 15 is 0 Å². The summed E-state index contributed by atoms with van der Waals surface area (Å²) in [7, 11) is 0. The van der Waals surface area contributed by atoms with Gasteiger partial charge in [0.1, 0.15) is 0 Å². The summed E-state index contributed by atoms with van der Waals surface area (Å²) in [6.07, 6.45) is 0.416. The molecule has 0 bridgehead atoms. The van der Waals surface area contributed by atoms with Gasteiger partial charge in [0, 0.05) is 30.8 Å². The van der Waals surface area contributed by atoms with Crippen molar-refractivity contribution in [3.63, 3.8) is 0 Å². The number of aliphatic hydroxyl groups is 1. The van der Waals surface area contributed by atoms with Gasteiger partial charge in [0.25, 0.3) is 0 Å². The molecule has 1 unspecified atom stereocenters. The number of benzene rings is 1. The highest BCUT2D eigenvalue weighted by molar-refractivity contribution is 5.96. The first-order valence-electron chi connectivity index (χ1n) is 6.35. The van der Waals surface area contributed by atoms with Crippen LogP contribution in [-0.4, -0.2) is 43.3 Å². The van der Waals surface area contributed by atoms with Crippen LogP contribution < -0.4 is 4.90 Å². The Morgan fingerprint density at radius 1 is 1.44 bits per heavy atom. The van der Waals surface area contributed by atoms with Gasteiger partial charge in [-0.1, -0.05) is 6.92 Å². The van der Waals surface area contributed by atoms with Gasteiger partial charge in [-0.25, -0.2) is 0 Å². The Morgan fingerprint density at radius 2 is 2.17 bits per heavy atom. The number of anilines is 1. The Hall–Kier alpha value is -1.39. The summed E-state index contributed by atoms with van der Waals surface area (Å²) >= 11 is 0. The molecule has 1 saturated heterocycles. The summed E-state index contributed by atoms with van der Waals surface area (Å²) in [5, 5.41) is 9.11. The van der Waals surface area contributed by atoms with Crippen LogP contribution in [0.15, 0.2) is 24.3 Å².